The molecule has 0 saturated carbocycles. The van der Waals surface area contributed by atoms with Crippen LogP contribution in [0.25, 0.3) is 0 Å². The molecule has 5 heteroatoms. The maximum atomic E-state index is 11.8. The van der Waals surface area contributed by atoms with E-state index >= 15 is 0 Å². The first-order valence-corrected chi connectivity index (χ1v) is 6.17. The second-order valence-electron chi connectivity index (χ2n) is 4.31. The van der Waals surface area contributed by atoms with Gasteiger partial charge in [0.25, 0.3) is 5.78 Å². The molecule has 1 aliphatic rings. The van der Waals surface area contributed by atoms with E-state index in [1.807, 2.05) is 0 Å². The Morgan fingerprint density at radius 2 is 2.05 bits per heavy atom. The number of nitrogens with zero attached hydrogens (tertiary/aromatic N) is 1. The molecule has 0 saturated heterocycles. The minimum absolute atomic E-state index is 0.0699. The monoisotopic (exact) mass is 261 g/mol. The van der Waals surface area contributed by atoms with Crippen LogP contribution in [0.2, 0.25) is 0 Å². The van der Waals surface area contributed by atoms with Crippen LogP contribution < -0.4 is 4.90 Å². The molecule has 19 heavy (non-hydrogen) atoms. The van der Waals surface area contributed by atoms with Crippen LogP contribution in [0.3, 0.4) is 0 Å². The van der Waals surface area contributed by atoms with Gasteiger partial charge in [-0.05, 0) is 25.0 Å². The maximum absolute atomic E-state index is 11.8. The van der Waals surface area contributed by atoms with Gasteiger partial charge in [-0.2, -0.15) is 0 Å². The number of rotatable bonds is 3. The predicted octanol–water partition coefficient (Wildman–Crippen LogP) is 1.34. The fourth-order valence-electron chi connectivity index (χ4n) is 2.16. The molecule has 2 rings (SSSR count). The Morgan fingerprint density at radius 1 is 1.32 bits per heavy atom. The highest BCUT2D eigenvalue weighted by molar-refractivity contribution is 6.40. The first-order valence-electron chi connectivity index (χ1n) is 6.17. The minimum Gasteiger partial charge on any atom is -0.460 e. The van der Waals surface area contributed by atoms with Gasteiger partial charge in [-0.1, -0.05) is 12.1 Å². The lowest BCUT2D eigenvalue weighted by atomic mass is 10.1. The Balaban J connectivity index is 2.31. The van der Waals surface area contributed by atoms with Crippen molar-refractivity contribution in [3.63, 3.8) is 0 Å². The van der Waals surface area contributed by atoms with E-state index in [0.29, 0.717) is 12.2 Å². The molecule has 100 valence electrons. The van der Waals surface area contributed by atoms with Crippen molar-refractivity contribution < 1.29 is 19.1 Å². The summed E-state index contributed by atoms with van der Waals surface area (Å²) < 4.78 is 4.68. The van der Waals surface area contributed by atoms with Crippen LogP contribution in [0.5, 0.6) is 0 Å². The number of ether oxygens (including phenoxy) is 1. The summed E-state index contributed by atoms with van der Waals surface area (Å²) in [6.07, 6.45) is 0.767. The number of hydrogen-bond donors (Lipinski definition) is 0. The fraction of sp³-hybridized carbons (Fsp3) is 0.357. The zero-order valence-electron chi connectivity index (χ0n) is 10.9. The summed E-state index contributed by atoms with van der Waals surface area (Å²) in [7, 11) is 0. The molecule has 0 fully saturated rings. The van der Waals surface area contributed by atoms with Gasteiger partial charge in [0.15, 0.2) is 0 Å². The molecule has 0 radical (unpaired) electrons. The molecular weight excluding hydrogens is 246 g/mol. The van der Waals surface area contributed by atoms with Gasteiger partial charge in [0.05, 0.1) is 6.61 Å². The summed E-state index contributed by atoms with van der Waals surface area (Å²) >= 11 is 0. The van der Waals surface area contributed by atoms with Crippen LogP contribution in [0.4, 0.5) is 5.69 Å². The van der Waals surface area contributed by atoms with Crippen molar-refractivity contribution in [2.24, 2.45) is 0 Å². The number of amides is 1. The predicted molar refractivity (Wildman–Crippen MR) is 69.1 cm³/mol. The first kappa shape index (κ1) is 13.3. The Labute approximate surface area is 111 Å². The van der Waals surface area contributed by atoms with Gasteiger partial charge in [-0.25, -0.2) is 4.79 Å². The fourth-order valence-corrected chi connectivity index (χ4v) is 2.16. The number of hydrogen-bond acceptors (Lipinski definition) is 4. The van der Waals surface area contributed by atoms with Gasteiger partial charge in [0, 0.05) is 24.7 Å². The van der Waals surface area contributed by atoms with Gasteiger partial charge in [0.2, 0.25) is 5.91 Å². The largest absolute Gasteiger partial charge is 0.460 e. The highest BCUT2D eigenvalue weighted by Crippen LogP contribution is 2.29. The molecule has 0 atom stereocenters. The number of carbonyl (C=O) groups excluding carboxylic acids is 3. The van der Waals surface area contributed by atoms with E-state index < -0.39 is 11.8 Å². The number of esters is 1. The molecule has 0 unspecified atom stereocenters. The second kappa shape index (κ2) is 5.22. The van der Waals surface area contributed by atoms with Crippen LogP contribution in [0, 0.1) is 0 Å². The van der Waals surface area contributed by atoms with E-state index in [2.05, 4.69) is 4.74 Å². The Morgan fingerprint density at radius 3 is 2.68 bits per heavy atom. The van der Waals surface area contributed by atoms with Crippen LogP contribution in [-0.4, -0.2) is 30.8 Å². The number of fused-ring (bicyclic) bond motifs is 1. The van der Waals surface area contributed by atoms with E-state index in [1.165, 1.54) is 6.92 Å². The normalized spacial score (nSPS) is 13.1. The van der Waals surface area contributed by atoms with Gasteiger partial charge in [-0.15, -0.1) is 0 Å². The molecule has 5 nitrogen and oxygen atoms in total. The van der Waals surface area contributed by atoms with E-state index in [-0.39, 0.29) is 18.1 Å². The topological polar surface area (TPSA) is 63.7 Å². The lowest BCUT2D eigenvalue weighted by Gasteiger charge is -2.15. The number of carbonyl (C=O) groups is 3. The van der Waals surface area contributed by atoms with Crippen molar-refractivity contribution in [2.75, 3.05) is 18.1 Å². The van der Waals surface area contributed by atoms with Gasteiger partial charge >= 0.3 is 5.97 Å². The van der Waals surface area contributed by atoms with Crippen molar-refractivity contribution in [2.45, 2.75) is 20.3 Å². The molecule has 0 bridgehead atoms. The van der Waals surface area contributed by atoms with E-state index in [0.717, 1.165) is 12.0 Å². The zero-order valence-corrected chi connectivity index (χ0v) is 10.9. The highest BCUT2D eigenvalue weighted by Gasteiger charge is 2.25. The quantitative estimate of drug-likeness (QED) is 0.468. The van der Waals surface area contributed by atoms with Gasteiger partial charge < -0.3 is 9.64 Å². The SMILES string of the molecule is CCOC(=O)C(=O)c1ccc2c(c1)N(C(C)=O)CC2. The van der Waals surface area contributed by atoms with Crippen LogP contribution >= 0.6 is 0 Å². The Bertz CT molecular complexity index is 550. The molecule has 1 aromatic carbocycles. The molecule has 1 aromatic rings. The second-order valence-corrected chi connectivity index (χ2v) is 4.31. The number of benzene rings is 1. The summed E-state index contributed by atoms with van der Waals surface area (Å²) in [4.78, 5) is 36.3. The van der Waals surface area contributed by atoms with Crippen molar-refractivity contribution in [3.8, 4) is 0 Å². The van der Waals surface area contributed by atoms with Crippen LogP contribution in [0.1, 0.15) is 29.8 Å². The van der Waals surface area contributed by atoms with Crippen molar-refractivity contribution in [1.29, 1.82) is 0 Å². The first-order chi connectivity index (χ1) is 9.04. The minimum atomic E-state index is -0.866. The van der Waals surface area contributed by atoms with Crippen molar-refractivity contribution in [3.05, 3.63) is 29.3 Å². The number of ketones is 1. The molecule has 1 aliphatic heterocycles. The summed E-state index contributed by atoms with van der Waals surface area (Å²) in [5.74, 6) is -1.62. The summed E-state index contributed by atoms with van der Waals surface area (Å²) in [5.41, 5.74) is 1.98. The third kappa shape index (κ3) is 2.50. The van der Waals surface area contributed by atoms with E-state index in [9.17, 15) is 14.4 Å². The molecule has 0 aromatic heterocycles. The van der Waals surface area contributed by atoms with Crippen LogP contribution in [-0.2, 0) is 20.7 Å². The van der Waals surface area contributed by atoms with E-state index in [1.54, 1.807) is 30.0 Å². The summed E-state index contributed by atoms with van der Waals surface area (Å²) in [5, 5.41) is 0. The number of Topliss-reactive ketones (excluding diaryl/α,β-unsaturated/α-hetero) is 1. The zero-order chi connectivity index (χ0) is 14.0. The molecule has 0 spiro atoms. The standard InChI is InChI=1S/C14H15NO4/c1-3-19-14(18)13(17)11-5-4-10-6-7-15(9(2)16)12(10)8-11/h4-5,8H,3,6-7H2,1-2H3. The third-order valence-electron chi connectivity index (χ3n) is 3.08. The van der Waals surface area contributed by atoms with Crippen LogP contribution in [0.15, 0.2) is 18.2 Å². The average molecular weight is 261 g/mol. The van der Waals surface area contributed by atoms with Crippen molar-refractivity contribution >= 4 is 23.3 Å². The molecule has 1 amide bonds. The van der Waals surface area contributed by atoms with E-state index in [4.69, 9.17) is 0 Å². The maximum Gasteiger partial charge on any atom is 0.379 e. The summed E-state index contributed by atoms with van der Waals surface area (Å²) in [6, 6.07) is 4.97. The smallest absolute Gasteiger partial charge is 0.379 e. The molecule has 0 N–H and O–H groups in total. The lowest BCUT2D eigenvalue weighted by molar-refractivity contribution is -0.137. The average Bonchev–Trinajstić information content (AvgIpc) is 2.80. The lowest BCUT2D eigenvalue weighted by Crippen LogP contribution is -2.26. The Hall–Kier alpha value is -2.17. The van der Waals surface area contributed by atoms with Crippen molar-refractivity contribution in [1.82, 2.24) is 0 Å². The molecule has 1 heterocycles. The van der Waals surface area contributed by atoms with Gasteiger partial charge in [-0.3, -0.25) is 9.59 Å². The highest BCUT2D eigenvalue weighted by atomic mass is 16.5. The molecule has 0 aliphatic carbocycles. The third-order valence-corrected chi connectivity index (χ3v) is 3.08. The number of anilines is 1. The molecular formula is C14H15NO4. The van der Waals surface area contributed by atoms with Gasteiger partial charge in [0.1, 0.15) is 0 Å². The summed E-state index contributed by atoms with van der Waals surface area (Å²) in [6.45, 7) is 3.90. The Kier molecular flexibility index (Phi) is 3.64.